The van der Waals surface area contributed by atoms with E-state index in [0.717, 1.165) is 34.2 Å². The highest BCUT2D eigenvalue weighted by molar-refractivity contribution is 7.89. The Labute approximate surface area is 221 Å². The van der Waals surface area contributed by atoms with Gasteiger partial charge in [0.2, 0.25) is 15.9 Å². The fourth-order valence-electron chi connectivity index (χ4n) is 4.94. The van der Waals surface area contributed by atoms with Crippen LogP contribution in [0.1, 0.15) is 36.8 Å². The summed E-state index contributed by atoms with van der Waals surface area (Å²) in [4.78, 5) is 20.8. The predicted molar refractivity (Wildman–Crippen MR) is 143 cm³/mol. The van der Waals surface area contributed by atoms with E-state index in [1.54, 1.807) is 28.4 Å². The smallest absolute Gasteiger partial charge is 0.243 e. The Morgan fingerprint density at radius 2 is 1.81 bits per heavy atom. The molecule has 0 saturated carbocycles. The maximum absolute atomic E-state index is 13.9. The Morgan fingerprint density at radius 1 is 1.11 bits per heavy atom. The van der Waals surface area contributed by atoms with Crippen molar-refractivity contribution >= 4 is 54.2 Å². The molecule has 3 heterocycles. The van der Waals surface area contributed by atoms with Crippen molar-refractivity contribution in [3.63, 3.8) is 0 Å². The molecule has 1 amide bonds. The molecule has 0 spiro atoms. The number of fused-ring (bicyclic) bond motifs is 1. The molecular formula is C26H30ClN3O4S2. The van der Waals surface area contributed by atoms with Crippen molar-refractivity contribution in [1.29, 1.82) is 0 Å². The first-order valence-electron chi connectivity index (χ1n) is 12.3. The predicted octanol–water partition coefficient (Wildman–Crippen LogP) is 5.18. The van der Waals surface area contributed by atoms with Crippen molar-refractivity contribution in [2.45, 2.75) is 50.5 Å². The lowest BCUT2D eigenvalue weighted by molar-refractivity contribution is -0.123. The molecular weight excluding hydrogens is 518 g/mol. The Balaban J connectivity index is 1.36. The second kappa shape index (κ2) is 10.4. The minimum atomic E-state index is -3.63. The second-order valence-electron chi connectivity index (χ2n) is 9.59. The molecule has 5 rings (SSSR count). The van der Waals surface area contributed by atoms with Gasteiger partial charge >= 0.3 is 0 Å². The van der Waals surface area contributed by atoms with Crippen LogP contribution in [0.15, 0.2) is 41.3 Å². The van der Waals surface area contributed by atoms with Gasteiger partial charge in [-0.3, -0.25) is 9.69 Å². The fraction of sp³-hybridized carbons (Fsp3) is 0.462. The molecule has 192 valence electrons. The normalized spacial score (nSPS) is 19.7. The molecule has 2 aromatic carbocycles. The maximum Gasteiger partial charge on any atom is 0.243 e. The van der Waals surface area contributed by atoms with Crippen molar-refractivity contribution in [1.82, 2.24) is 9.29 Å². The van der Waals surface area contributed by atoms with E-state index in [-0.39, 0.29) is 22.8 Å². The van der Waals surface area contributed by atoms with Gasteiger partial charge in [0.15, 0.2) is 5.13 Å². The number of hydrogen-bond donors (Lipinski definition) is 0. The van der Waals surface area contributed by atoms with E-state index in [9.17, 15) is 13.2 Å². The number of ether oxygens (including phenoxy) is 1. The van der Waals surface area contributed by atoms with Gasteiger partial charge in [0.05, 0.1) is 27.8 Å². The first-order valence-corrected chi connectivity index (χ1v) is 14.9. The molecule has 1 unspecified atom stereocenters. The van der Waals surface area contributed by atoms with Crippen LogP contribution in [-0.4, -0.2) is 56.0 Å². The summed E-state index contributed by atoms with van der Waals surface area (Å²) in [6.07, 6.45) is 2.84. The van der Waals surface area contributed by atoms with Crippen LogP contribution in [0.3, 0.4) is 0 Å². The number of rotatable bonds is 6. The van der Waals surface area contributed by atoms with Crippen molar-refractivity contribution in [3.05, 3.63) is 52.5 Å². The van der Waals surface area contributed by atoms with E-state index < -0.39 is 10.0 Å². The molecule has 1 atom stereocenters. The quantitative estimate of drug-likeness (QED) is 0.425. The van der Waals surface area contributed by atoms with E-state index in [0.29, 0.717) is 49.2 Å². The van der Waals surface area contributed by atoms with E-state index in [2.05, 4.69) is 19.1 Å². The zero-order valence-corrected chi connectivity index (χ0v) is 22.8. The molecule has 0 N–H and O–H groups in total. The number of nitrogens with zero attached hydrogens (tertiary/aromatic N) is 3. The third kappa shape index (κ3) is 5.04. The number of halogens is 1. The Kier molecular flexibility index (Phi) is 7.38. The fourth-order valence-corrected chi connectivity index (χ4v) is 7.66. The van der Waals surface area contributed by atoms with Crippen LogP contribution in [0, 0.1) is 19.8 Å². The third-order valence-electron chi connectivity index (χ3n) is 7.09. The highest BCUT2D eigenvalue weighted by atomic mass is 35.5. The highest BCUT2D eigenvalue weighted by Gasteiger charge is 2.36. The summed E-state index contributed by atoms with van der Waals surface area (Å²) in [5.41, 5.74) is 3.16. The van der Waals surface area contributed by atoms with Gasteiger partial charge in [-0.15, -0.1) is 0 Å². The van der Waals surface area contributed by atoms with Crippen LogP contribution < -0.4 is 4.90 Å². The molecule has 2 fully saturated rings. The van der Waals surface area contributed by atoms with Crippen molar-refractivity contribution in [3.8, 4) is 0 Å². The van der Waals surface area contributed by atoms with Crippen molar-refractivity contribution in [2.24, 2.45) is 5.92 Å². The monoisotopic (exact) mass is 547 g/mol. The number of piperidine rings is 1. The SMILES string of the molecule is Cc1ccc(C)c2sc(N(CC3CCCO3)C(=O)C3CCN(S(=O)(=O)c4ccc(Cl)cc4)CC3)nc12. The molecule has 0 bridgehead atoms. The van der Waals surface area contributed by atoms with Crippen molar-refractivity contribution in [2.75, 3.05) is 31.1 Å². The topological polar surface area (TPSA) is 79.8 Å². The highest BCUT2D eigenvalue weighted by Crippen LogP contribution is 2.35. The molecule has 2 aliphatic rings. The number of aromatic nitrogens is 1. The minimum Gasteiger partial charge on any atom is -0.376 e. The van der Waals surface area contributed by atoms with E-state index in [1.807, 2.05) is 6.92 Å². The van der Waals surface area contributed by atoms with Gasteiger partial charge in [-0.05, 0) is 74.9 Å². The minimum absolute atomic E-state index is 0.00315. The molecule has 2 saturated heterocycles. The molecule has 36 heavy (non-hydrogen) atoms. The average molecular weight is 548 g/mol. The van der Waals surface area contributed by atoms with Gasteiger partial charge in [-0.2, -0.15) is 4.31 Å². The van der Waals surface area contributed by atoms with Crippen LogP contribution in [0.25, 0.3) is 10.2 Å². The zero-order chi connectivity index (χ0) is 25.4. The zero-order valence-electron chi connectivity index (χ0n) is 20.4. The first kappa shape index (κ1) is 25.6. The second-order valence-corrected chi connectivity index (χ2v) is 12.9. The lowest BCUT2D eigenvalue weighted by Gasteiger charge is -2.33. The summed E-state index contributed by atoms with van der Waals surface area (Å²) in [5.74, 6) is -0.263. The number of carbonyl (C=O) groups is 1. The number of amides is 1. The molecule has 10 heteroatoms. The Morgan fingerprint density at radius 3 is 2.44 bits per heavy atom. The molecule has 3 aromatic rings. The number of aryl methyl sites for hydroxylation is 2. The molecule has 2 aliphatic heterocycles. The summed E-state index contributed by atoms with van der Waals surface area (Å²) in [6.45, 7) is 5.88. The lowest BCUT2D eigenvalue weighted by atomic mass is 9.96. The third-order valence-corrected chi connectivity index (χ3v) is 10.5. The summed E-state index contributed by atoms with van der Waals surface area (Å²) in [5, 5.41) is 1.18. The number of anilines is 1. The van der Waals surface area contributed by atoms with Crippen LogP contribution in [-0.2, 0) is 19.6 Å². The molecule has 1 aromatic heterocycles. The van der Waals surface area contributed by atoms with Crippen LogP contribution in [0.2, 0.25) is 5.02 Å². The van der Waals surface area contributed by atoms with E-state index in [1.165, 1.54) is 16.4 Å². The van der Waals surface area contributed by atoms with Gasteiger partial charge in [0.1, 0.15) is 0 Å². The van der Waals surface area contributed by atoms with Crippen LogP contribution >= 0.6 is 22.9 Å². The van der Waals surface area contributed by atoms with Gasteiger partial charge < -0.3 is 4.74 Å². The molecule has 0 aliphatic carbocycles. The van der Waals surface area contributed by atoms with Gasteiger partial charge in [-0.25, -0.2) is 13.4 Å². The Hall–Kier alpha value is -2.04. The number of hydrogen-bond acceptors (Lipinski definition) is 6. The lowest BCUT2D eigenvalue weighted by Crippen LogP contribution is -2.46. The summed E-state index contributed by atoms with van der Waals surface area (Å²) in [6, 6.07) is 10.3. The van der Waals surface area contributed by atoms with Crippen molar-refractivity contribution < 1.29 is 17.9 Å². The number of benzene rings is 2. The first-order chi connectivity index (χ1) is 17.2. The van der Waals surface area contributed by atoms with Crippen LogP contribution in [0.5, 0.6) is 0 Å². The average Bonchev–Trinajstić information content (AvgIpc) is 3.56. The van der Waals surface area contributed by atoms with Gasteiger partial charge in [0.25, 0.3) is 0 Å². The number of carbonyl (C=O) groups excluding carboxylic acids is 1. The number of thiazole rings is 1. The standard InChI is InChI=1S/C26H30ClN3O4S2/c1-17-5-6-18(2)24-23(17)28-26(35-24)30(16-21-4-3-15-34-21)25(31)19-11-13-29(14-12-19)36(32,33)22-9-7-20(27)8-10-22/h5-10,19,21H,3-4,11-16H2,1-2H3. The van der Waals surface area contributed by atoms with Crippen LogP contribution in [0.4, 0.5) is 5.13 Å². The summed E-state index contributed by atoms with van der Waals surface area (Å²) < 4.78 is 34.6. The van der Waals surface area contributed by atoms with Gasteiger partial charge in [-0.1, -0.05) is 35.1 Å². The largest absolute Gasteiger partial charge is 0.376 e. The Bertz CT molecular complexity index is 1320. The maximum atomic E-state index is 13.9. The molecule has 7 nitrogen and oxygen atoms in total. The summed E-state index contributed by atoms with van der Waals surface area (Å²) in [7, 11) is -3.63. The molecule has 0 radical (unpaired) electrons. The van der Waals surface area contributed by atoms with E-state index in [4.69, 9.17) is 21.3 Å². The van der Waals surface area contributed by atoms with Gasteiger partial charge in [0, 0.05) is 30.6 Å². The summed E-state index contributed by atoms with van der Waals surface area (Å²) >= 11 is 7.47. The number of sulfonamides is 1. The van der Waals surface area contributed by atoms with E-state index >= 15 is 0 Å².